The maximum atomic E-state index is 14.0. The minimum absolute atomic E-state index is 0.106. The van der Waals surface area contributed by atoms with Gasteiger partial charge in [0.15, 0.2) is 0 Å². The van der Waals surface area contributed by atoms with E-state index in [1.807, 2.05) is 80.3 Å². The van der Waals surface area contributed by atoms with Crippen LogP contribution in [0.1, 0.15) is 87.3 Å². The molecule has 0 aliphatic rings. The van der Waals surface area contributed by atoms with Crippen molar-refractivity contribution in [2.24, 2.45) is 0 Å². The van der Waals surface area contributed by atoms with Crippen LogP contribution in [0.25, 0.3) is 16.6 Å². The van der Waals surface area contributed by atoms with Gasteiger partial charge in [-0.25, -0.2) is 4.98 Å². The minimum atomic E-state index is -0.380. The Hall–Kier alpha value is -3.73. The first kappa shape index (κ1) is 29.3. The summed E-state index contributed by atoms with van der Waals surface area (Å²) in [6.07, 6.45) is 8.05. The highest BCUT2D eigenvalue weighted by Gasteiger charge is 2.27. The molecule has 5 nitrogen and oxygen atoms in total. The SMILES string of the molecule is CCCCCCCCC(=O)N(CCc1ccccc1)C(C)c1nc2ccccc2c(=O)n1-c1ccc(C)cc1C. The highest BCUT2D eigenvalue weighted by Crippen LogP contribution is 2.26. The van der Waals surface area contributed by atoms with Crippen LogP contribution < -0.4 is 5.56 Å². The summed E-state index contributed by atoms with van der Waals surface area (Å²) in [4.78, 5) is 34.7. The van der Waals surface area contributed by atoms with Crippen LogP contribution in [0.4, 0.5) is 0 Å². The van der Waals surface area contributed by atoms with Crippen molar-refractivity contribution in [3.05, 3.63) is 106 Å². The molecular weight excluding hydrogens is 494 g/mol. The van der Waals surface area contributed by atoms with Crippen LogP contribution in [0.5, 0.6) is 0 Å². The predicted molar refractivity (Wildman–Crippen MR) is 165 cm³/mol. The van der Waals surface area contributed by atoms with E-state index in [4.69, 9.17) is 4.98 Å². The largest absolute Gasteiger partial charge is 0.332 e. The Labute approximate surface area is 238 Å². The molecule has 0 bridgehead atoms. The van der Waals surface area contributed by atoms with Gasteiger partial charge >= 0.3 is 0 Å². The lowest BCUT2D eigenvalue weighted by Crippen LogP contribution is -2.38. The van der Waals surface area contributed by atoms with Gasteiger partial charge in [0.05, 0.1) is 22.6 Å². The monoisotopic (exact) mass is 537 g/mol. The molecule has 3 aromatic carbocycles. The fourth-order valence-corrected chi connectivity index (χ4v) is 5.49. The normalized spacial score (nSPS) is 12.0. The quantitative estimate of drug-likeness (QED) is 0.163. The first-order chi connectivity index (χ1) is 19.4. The number of amides is 1. The van der Waals surface area contributed by atoms with Crippen molar-refractivity contribution in [1.82, 2.24) is 14.5 Å². The first-order valence-electron chi connectivity index (χ1n) is 14.8. The standard InChI is InChI=1S/C35H43N3O2/c1-5-6-7-8-9-13-20-33(39)37(24-23-29-16-11-10-12-17-29)28(4)34-36-31-19-15-14-18-30(31)35(40)38(34)32-22-21-26(2)25-27(32)3/h10-12,14-19,21-22,25,28H,5-9,13,20,23-24H2,1-4H3. The number of para-hydroxylation sites is 1. The second kappa shape index (κ2) is 14.1. The van der Waals surface area contributed by atoms with Crippen molar-refractivity contribution >= 4 is 16.8 Å². The van der Waals surface area contributed by atoms with Gasteiger partial charge in [0.2, 0.25) is 5.91 Å². The number of nitrogens with zero attached hydrogens (tertiary/aromatic N) is 3. The predicted octanol–water partition coefficient (Wildman–Crippen LogP) is 7.89. The molecule has 1 amide bonds. The van der Waals surface area contributed by atoms with Crippen LogP contribution in [0.15, 0.2) is 77.6 Å². The second-order valence-corrected chi connectivity index (χ2v) is 10.9. The van der Waals surface area contributed by atoms with Crippen LogP contribution in [-0.4, -0.2) is 26.9 Å². The number of aromatic nitrogens is 2. The first-order valence-corrected chi connectivity index (χ1v) is 14.8. The van der Waals surface area contributed by atoms with Gasteiger partial charge in [0.1, 0.15) is 5.82 Å². The van der Waals surface area contributed by atoms with E-state index in [0.29, 0.717) is 29.7 Å². The van der Waals surface area contributed by atoms with Gasteiger partial charge in [-0.05, 0) is 62.9 Å². The number of aryl methyl sites for hydroxylation is 2. The molecule has 4 aromatic rings. The third-order valence-corrected chi connectivity index (χ3v) is 7.78. The summed E-state index contributed by atoms with van der Waals surface area (Å²) in [5, 5.41) is 0.577. The Kier molecular flexibility index (Phi) is 10.3. The van der Waals surface area contributed by atoms with E-state index < -0.39 is 0 Å². The molecule has 0 saturated carbocycles. The summed E-state index contributed by atoms with van der Waals surface area (Å²) in [6.45, 7) is 8.87. The van der Waals surface area contributed by atoms with Gasteiger partial charge in [-0.1, -0.05) is 99.2 Å². The van der Waals surface area contributed by atoms with E-state index in [1.54, 1.807) is 4.57 Å². The number of carbonyl (C=O) groups is 1. The fourth-order valence-electron chi connectivity index (χ4n) is 5.49. The topological polar surface area (TPSA) is 55.2 Å². The number of rotatable bonds is 13. The lowest BCUT2D eigenvalue weighted by atomic mass is 10.1. The molecule has 1 unspecified atom stereocenters. The van der Waals surface area contributed by atoms with Gasteiger partial charge in [0, 0.05) is 13.0 Å². The minimum Gasteiger partial charge on any atom is -0.332 e. The molecule has 40 heavy (non-hydrogen) atoms. The number of carbonyl (C=O) groups excluding carboxylic acids is 1. The van der Waals surface area contributed by atoms with Crippen LogP contribution in [0.2, 0.25) is 0 Å². The second-order valence-electron chi connectivity index (χ2n) is 10.9. The van der Waals surface area contributed by atoms with Gasteiger partial charge in [-0.15, -0.1) is 0 Å². The molecular formula is C35H43N3O2. The number of fused-ring (bicyclic) bond motifs is 1. The molecule has 0 fully saturated rings. The van der Waals surface area contributed by atoms with Gasteiger partial charge < -0.3 is 4.90 Å². The third-order valence-electron chi connectivity index (χ3n) is 7.78. The van der Waals surface area contributed by atoms with E-state index in [-0.39, 0.29) is 17.5 Å². The Morgan fingerprint density at radius 2 is 1.60 bits per heavy atom. The summed E-state index contributed by atoms with van der Waals surface area (Å²) in [5.41, 5.74) is 4.68. The molecule has 5 heteroatoms. The molecule has 0 spiro atoms. The molecule has 4 rings (SSSR count). The lowest BCUT2D eigenvalue weighted by Gasteiger charge is -2.31. The Bertz CT molecular complexity index is 1480. The number of hydrogen-bond acceptors (Lipinski definition) is 3. The van der Waals surface area contributed by atoms with Crippen LogP contribution >= 0.6 is 0 Å². The molecule has 1 heterocycles. The Morgan fingerprint density at radius 1 is 0.900 bits per heavy atom. The molecule has 210 valence electrons. The number of unbranched alkanes of at least 4 members (excludes halogenated alkanes) is 5. The molecule has 0 N–H and O–H groups in total. The fraction of sp³-hybridized carbons (Fsp3) is 0.400. The lowest BCUT2D eigenvalue weighted by molar-refractivity contribution is -0.133. The molecule has 1 atom stereocenters. The van der Waals surface area contributed by atoms with Crippen molar-refractivity contribution < 1.29 is 4.79 Å². The molecule has 0 aliphatic heterocycles. The summed E-state index contributed by atoms with van der Waals surface area (Å²) in [7, 11) is 0. The van der Waals surface area contributed by atoms with Crippen LogP contribution in [-0.2, 0) is 11.2 Å². The Morgan fingerprint density at radius 3 is 2.35 bits per heavy atom. The molecule has 1 aromatic heterocycles. The highest BCUT2D eigenvalue weighted by atomic mass is 16.2. The van der Waals surface area contributed by atoms with E-state index in [0.717, 1.165) is 36.1 Å². The van der Waals surface area contributed by atoms with Crippen molar-refractivity contribution in [2.75, 3.05) is 6.54 Å². The summed E-state index contributed by atoms with van der Waals surface area (Å²) >= 11 is 0. The summed E-state index contributed by atoms with van der Waals surface area (Å²) in [6, 6.07) is 23.5. The maximum Gasteiger partial charge on any atom is 0.266 e. The molecule has 0 radical (unpaired) electrons. The van der Waals surface area contributed by atoms with Gasteiger partial charge in [-0.3, -0.25) is 14.2 Å². The van der Waals surface area contributed by atoms with Crippen LogP contribution in [0, 0.1) is 13.8 Å². The summed E-state index contributed by atoms with van der Waals surface area (Å²) in [5.74, 6) is 0.716. The van der Waals surface area contributed by atoms with Crippen molar-refractivity contribution in [3.8, 4) is 5.69 Å². The van der Waals surface area contributed by atoms with Crippen molar-refractivity contribution in [1.29, 1.82) is 0 Å². The molecule has 0 aliphatic carbocycles. The number of benzene rings is 3. The van der Waals surface area contributed by atoms with Crippen molar-refractivity contribution in [3.63, 3.8) is 0 Å². The van der Waals surface area contributed by atoms with Gasteiger partial charge in [-0.2, -0.15) is 0 Å². The zero-order chi connectivity index (χ0) is 28.5. The van der Waals surface area contributed by atoms with E-state index in [9.17, 15) is 9.59 Å². The molecule has 0 saturated heterocycles. The summed E-state index contributed by atoms with van der Waals surface area (Å²) < 4.78 is 1.73. The van der Waals surface area contributed by atoms with Crippen molar-refractivity contribution in [2.45, 2.75) is 85.1 Å². The smallest absolute Gasteiger partial charge is 0.266 e. The van der Waals surface area contributed by atoms with Crippen LogP contribution in [0.3, 0.4) is 0 Å². The zero-order valence-electron chi connectivity index (χ0n) is 24.5. The average molecular weight is 538 g/mol. The zero-order valence-corrected chi connectivity index (χ0v) is 24.5. The highest BCUT2D eigenvalue weighted by molar-refractivity contribution is 5.79. The Balaban J connectivity index is 1.72. The maximum absolute atomic E-state index is 14.0. The van der Waals surface area contributed by atoms with E-state index in [2.05, 4.69) is 25.1 Å². The number of hydrogen-bond donors (Lipinski definition) is 0. The average Bonchev–Trinajstić information content (AvgIpc) is 2.96. The third kappa shape index (κ3) is 7.07. The van der Waals surface area contributed by atoms with E-state index >= 15 is 0 Å². The van der Waals surface area contributed by atoms with E-state index in [1.165, 1.54) is 31.2 Å². The van der Waals surface area contributed by atoms with Gasteiger partial charge in [0.25, 0.3) is 5.56 Å².